The Bertz CT molecular complexity index is 795. The largest absolute Gasteiger partial charge is 0.390 e. The second kappa shape index (κ2) is 4.89. The van der Waals surface area contributed by atoms with Crippen molar-refractivity contribution in [2.45, 2.75) is 20.5 Å². The van der Waals surface area contributed by atoms with Gasteiger partial charge in [0, 0.05) is 5.39 Å². The minimum absolute atomic E-state index is 0.106. The molecule has 20 heavy (non-hydrogen) atoms. The van der Waals surface area contributed by atoms with Crippen LogP contribution < -0.4 is 0 Å². The molecule has 0 saturated heterocycles. The Labute approximate surface area is 121 Å². The molecule has 3 aromatic rings. The Balaban J connectivity index is 2.37. The fourth-order valence-corrected chi connectivity index (χ4v) is 2.44. The van der Waals surface area contributed by atoms with Gasteiger partial charge >= 0.3 is 0 Å². The van der Waals surface area contributed by atoms with Crippen molar-refractivity contribution in [1.82, 2.24) is 14.8 Å². The lowest BCUT2D eigenvalue weighted by atomic mass is 10.1. The van der Waals surface area contributed by atoms with E-state index in [1.165, 1.54) is 0 Å². The summed E-state index contributed by atoms with van der Waals surface area (Å²) in [6.45, 7) is 3.70. The van der Waals surface area contributed by atoms with Gasteiger partial charge in [0.15, 0.2) is 0 Å². The summed E-state index contributed by atoms with van der Waals surface area (Å²) in [7, 11) is 0. The number of rotatable bonds is 2. The number of hydrogen-bond donors (Lipinski definition) is 1. The smallest absolute Gasteiger partial charge is 0.0854 e. The highest BCUT2D eigenvalue weighted by Gasteiger charge is 2.14. The molecule has 0 radical (unpaired) electrons. The van der Waals surface area contributed by atoms with E-state index in [-0.39, 0.29) is 6.61 Å². The Morgan fingerprint density at radius 2 is 2.00 bits per heavy atom. The summed E-state index contributed by atoms with van der Waals surface area (Å²) < 4.78 is 1.81. The van der Waals surface area contributed by atoms with Gasteiger partial charge in [0.2, 0.25) is 0 Å². The fourth-order valence-electron chi connectivity index (χ4n) is 2.32. The van der Waals surface area contributed by atoms with Gasteiger partial charge in [0.25, 0.3) is 0 Å². The van der Waals surface area contributed by atoms with Crippen LogP contribution in [0.1, 0.15) is 17.1 Å². The van der Waals surface area contributed by atoms with E-state index in [0.29, 0.717) is 10.7 Å². The number of aryl methyl sites for hydroxylation is 1. The molecule has 2 heterocycles. The monoisotopic (exact) mass is 287 g/mol. The van der Waals surface area contributed by atoms with Crippen LogP contribution in [0.15, 0.2) is 30.3 Å². The summed E-state index contributed by atoms with van der Waals surface area (Å²) in [6, 6.07) is 9.64. The molecule has 0 amide bonds. The van der Waals surface area contributed by atoms with Crippen LogP contribution in [0.3, 0.4) is 0 Å². The van der Waals surface area contributed by atoms with E-state index >= 15 is 0 Å². The number of nitrogens with zero attached hydrogens (tertiary/aromatic N) is 3. The van der Waals surface area contributed by atoms with Gasteiger partial charge in [-0.25, -0.2) is 4.68 Å². The highest BCUT2D eigenvalue weighted by atomic mass is 35.5. The van der Waals surface area contributed by atoms with Crippen molar-refractivity contribution in [1.29, 1.82) is 0 Å². The zero-order chi connectivity index (χ0) is 14.3. The quantitative estimate of drug-likeness (QED) is 0.787. The molecule has 0 aliphatic carbocycles. The molecule has 0 aliphatic heterocycles. The minimum Gasteiger partial charge on any atom is -0.390 e. The Morgan fingerprint density at radius 3 is 2.65 bits per heavy atom. The molecule has 0 bridgehead atoms. The van der Waals surface area contributed by atoms with Crippen LogP contribution >= 0.6 is 11.6 Å². The lowest BCUT2D eigenvalue weighted by molar-refractivity contribution is 0.277. The molecule has 0 saturated carbocycles. The summed E-state index contributed by atoms with van der Waals surface area (Å²) >= 11 is 6.22. The predicted molar refractivity (Wildman–Crippen MR) is 79.3 cm³/mol. The first-order valence-corrected chi connectivity index (χ1v) is 6.71. The van der Waals surface area contributed by atoms with Gasteiger partial charge in [-0.1, -0.05) is 29.8 Å². The summed E-state index contributed by atoms with van der Waals surface area (Å²) in [6.07, 6.45) is 0. The number of fused-ring (bicyclic) bond motifs is 1. The topological polar surface area (TPSA) is 50.9 Å². The first kappa shape index (κ1) is 13.1. The second-order valence-corrected chi connectivity index (χ2v) is 5.08. The molecule has 102 valence electrons. The van der Waals surface area contributed by atoms with Crippen LogP contribution in [0.2, 0.25) is 5.02 Å². The molecule has 1 N–H and O–H groups in total. The molecule has 1 aromatic carbocycles. The van der Waals surface area contributed by atoms with Crippen molar-refractivity contribution in [2.75, 3.05) is 0 Å². The molecule has 5 heteroatoms. The first-order valence-electron chi connectivity index (χ1n) is 6.33. The van der Waals surface area contributed by atoms with Crippen LogP contribution in [-0.2, 0) is 6.61 Å². The third kappa shape index (κ3) is 1.97. The van der Waals surface area contributed by atoms with Crippen molar-refractivity contribution in [3.05, 3.63) is 52.4 Å². The van der Waals surface area contributed by atoms with Gasteiger partial charge in [-0.3, -0.25) is 4.98 Å². The number of hydrogen-bond acceptors (Lipinski definition) is 3. The average molecular weight is 288 g/mol. The summed E-state index contributed by atoms with van der Waals surface area (Å²) in [5, 5.41) is 15.5. The van der Waals surface area contributed by atoms with E-state index in [0.717, 1.165) is 28.0 Å². The third-order valence-electron chi connectivity index (χ3n) is 3.34. The summed E-state index contributed by atoms with van der Waals surface area (Å²) in [5.74, 6) is 0. The van der Waals surface area contributed by atoms with Crippen LogP contribution in [-0.4, -0.2) is 19.9 Å². The molecule has 0 spiro atoms. The van der Waals surface area contributed by atoms with Gasteiger partial charge in [0.1, 0.15) is 0 Å². The van der Waals surface area contributed by atoms with E-state index in [2.05, 4.69) is 10.1 Å². The normalized spacial score (nSPS) is 11.2. The van der Waals surface area contributed by atoms with Crippen molar-refractivity contribution in [2.24, 2.45) is 0 Å². The molecular formula is C15H14ClN3O. The SMILES string of the molecule is Cc1nn(-c2cc(CO)nc3ccccc23)c(C)c1Cl. The van der Waals surface area contributed by atoms with Gasteiger partial charge in [-0.15, -0.1) is 0 Å². The van der Waals surface area contributed by atoms with E-state index in [9.17, 15) is 5.11 Å². The van der Waals surface area contributed by atoms with Crippen LogP contribution in [0.5, 0.6) is 0 Å². The van der Waals surface area contributed by atoms with E-state index < -0.39 is 0 Å². The standard InChI is InChI=1S/C15H14ClN3O/c1-9-15(16)10(2)19(18-9)14-7-11(8-20)17-13-6-4-3-5-12(13)14/h3-7,20H,8H2,1-2H3. The Hall–Kier alpha value is -1.91. The zero-order valence-electron chi connectivity index (χ0n) is 11.3. The van der Waals surface area contributed by atoms with Gasteiger partial charge in [-0.2, -0.15) is 5.10 Å². The van der Waals surface area contributed by atoms with Gasteiger partial charge in [-0.05, 0) is 26.0 Å². The Kier molecular flexibility index (Phi) is 3.20. The van der Waals surface area contributed by atoms with E-state index in [1.54, 1.807) is 4.68 Å². The van der Waals surface area contributed by atoms with Gasteiger partial charge in [0.05, 0.1) is 39.9 Å². The highest BCUT2D eigenvalue weighted by molar-refractivity contribution is 6.31. The third-order valence-corrected chi connectivity index (χ3v) is 3.89. The number of para-hydroxylation sites is 1. The fraction of sp³-hybridized carbons (Fsp3) is 0.200. The number of aliphatic hydroxyl groups is 1. The number of aromatic nitrogens is 3. The summed E-state index contributed by atoms with van der Waals surface area (Å²) in [4.78, 5) is 4.41. The molecule has 4 nitrogen and oxygen atoms in total. The molecular weight excluding hydrogens is 274 g/mol. The highest BCUT2D eigenvalue weighted by Crippen LogP contribution is 2.27. The lowest BCUT2D eigenvalue weighted by Crippen LogP contribution is -2.03. The summed E-state index contributed by atoms with van der Waals surface area (Å²) in [5.41, 5.74) is 3.99. The average Bonchev–Trinajstić information content (AvgIpc) is 2.73. The van der Waals surface area contributed by atoms with Gasteiger partial charge < -0.3 is 5.11 Å². The first-order chi connectivity index (χ1) is 9.61. The molecule has 0 atom stereocenters. The maximum absolute atomic E-state index is 9.38. The molecule has 3 rings (SSSR count). The van der Waals surface area contributed by atoms with Crippen LogP contribution in [0, 0.1) is 13.8 Å². The number of halogens is 1. The minimum atomic E-state index is -0.106. The number of aliphatic hydroxyl groups excluding tert-OH is 1. The Morgan fingerprint density at radius 1 is 1.25 bits per heavy atom. The van der Waals surface area contributed by atoms with Crippen LogP contribution in [0.25, 0.3) is 16.6 Å². The van der Waals surface area contributed by atoms with Crippen molar-refractivity contribution in [3.63, 3.8) is 0 Å². The number of pyridine rings is 1. The van der Waals surface area contributed by atoms with Crippen molar-refractivity contribution >= 4 is 22.5 Å². The maximum atomic E-state index is 9.38. The van der Waals surface area contributed by atoms with E-state index in [4.69, 9.17) is 11.6 Å². The molecule has 2 aromatic heterocycles. The molecule has 0 unspecified atom stereocenters. The van der Waals surface area contributed by atoms with E-state index in [1.807, 2.05) is 44.2 Å². The molecule has 0 fully saturated rings. The maximum Gasteiger partial charge on any atom is 0.0854 e. The molecule has 0 aliphatic rings. The van der Waals surface area contributed by atoms with Crippen LogP contribution in [0.4, 0.5) is 0 Å². The predicted octanol–water partition coefficient (Wildman–Crippen LogP) is 3.18. The van der Waals surface area contributed by atoms with Crippen molar-refractivity contribution < 1.29 is 5.11 Å². The second-order valence-electron chi connectivity index (χ2n) is 4.70. The number of benzene rings is 1. The lowest BCUT2D eigenvalue weighted by Gasteiger charge is -2.10. The zero-order valence-corrected chi connectivity index (χ0v) is 12.0. The van der Waals surface area contributed by atoms with Crippen molar-refractivity contribution in [3.8, 4) is 5.69 Å².